The smallest absolute Gasteiger partial charge is 0.264 e. The first-order valence-electron chi connectivity index (χ1n) is 14.7. The van der Waals surface area contributed by atoms with Crippen LogP contribution < -0.4 is 18.4 Å². The molecule has 242 valence electrons. The molecule has 0 fully saturated rings. The minimum absolute atomic E-state index is 0.0840. The van der Waals surface area contributed by atoms with Gasteiger partial charge in [-0.3, -0.25) is 18.2 Å². The zero-order valence-electron chi connectivity index (χ0n) is 26.3. The van der Waals surface area contributed by atoms with E-state index in [1.165, 1.54) is 56.5 Å². The van der Waals surface area contributed by atoms with Crippen molar-refractivity contribution in [1.82, 2.24) is 0 Å². The van der Waals surface area contributed by atoms with E-state index in [9.17, 15) is 26.4 Å². The monoisotopic (exact) mass is 662 g/mol. The molecule has 0 bridgehead atoms. The van der Waals surface area contributed by atoms with Crippen molar-refractivity contribution < 1.29 is 26.4 Å². The topological polar surface area (TPSA) is 115 Å². The van der Waals surface area contributed by atoms with Gasteiger partial charge in [-0.25, -0.2) is 16.8 Å². The molecule has 0 saturated carbocycles. The Kier molecular flexibility index (Phi) is 10.9. The van der Waals surface area contributed by atoms with Crippen LogP contribution in [0.2, 0.25) is 0 Å². The predicted molar refractivity (Wildman–Crippen MR) is 182 cm³/mol. The van der Waals surface area contributed by atoms with E-state index in [-0.39, 0.29) is 34.7 Å². The molecular weight excluding hydrogens is 625 g/mol. The fourth-order valence-electron chi connectivity index (χ4n) is 4.77. The van der Waals surface area contributed by atoms with Crippen LogP contribution >= 0.6 is 0 Å². The molecule has 0 aromatic heterocycles. The number of carbonyl (C=O) groups excluding carboxylic acids is 2. The first kappa shape index (κ1) is 34.2. The summed E-state index contributed by atoms with van der Waals surface area (Å²) in [4.78, 5) is 26.8. The Morgan fingerprint density at radius 3 is 1.04 bits per heavy atom. The normalized spacial score (nSPS) is 11.5. The molecule has 12 heteroatoms. The Balaban J connectivity index is 1.61. The van der Waals surface area contributed by atoms with Crippen LogP contribution in [0.15, 0.2) is 119 Å². The van der Waals surface area contributed by atoms with Gasteiger partial charge in [-0.1, -0.05) is 36.4 Å². The van der Waals surface area contributed by atoms with Crippen molar-refractivity contribution in [3.63, 3.8) is 0 Å². The van der Waals surface area contributed by atoms with E-state index in [4.69, 9.17) is 0 Å². The van der Waals surface area contributed by atoms with Crippen molar-refractivity contribution in [3.8, 4) is 0 Å². The van der Waals surface area contributed by atoms with E-state index in [0.29, 0.717) is 35.6 Å². The van der Waals surface area contributed by atoms with E-state index in [1.54, 1.807) is 99.0 Å². The van der Waals surface area contributed by atoms with Crippen LogP contribution in [0.25, 0.3) is 0 Å². The van der Waals surface area contributed by atoms with Gasteiger partial charge in [-0.2, -0.15) is 0 Å². The zero-order chi connectivity index (χ0) is 33.5. The molecule has 0 unspecified atom stereocenters. The maximum atomic E-state index is 13.8. The Labute approximate surface area is 271 Å². The summed E-state index contributed by atoms with van der Waals surface area (Å²) in [5.41, 5.74) is 2.08. The van der Waals surface area contributed by atoms with Crippen LogP contribution in [0.1, 0.15) is 26.7 Å². The second-order valence-electron chi connectivity index (χ2n) is 10.7. The predicted octanol–water partition coefficient (Wildman–Crippen LogP) is 5.52. The molecule has 46 heavy (non-hydrogen) atoms. The van der Waals surface area contributed by atoms with E-state index in [0.717, 1.165) is 0 Å². The highest BCUT2D eigenvalue weighted by molar-refractivity contribution is 7.93. The van der Waals surface area contributed by atoms with Crippen LogP contribution in [0, 0.1) is 0 Å². The molecule has 4 aromatic carbocycles. The Morgan fingerprint density at radius 1 is 0.478 bits per heavy atom. The average Bonchev–Trinajstić information content (AvgIpc) is 3.06. The van der Waals surface area contributed by atoms with E-state index in [1.807, 2.05) is 0 Å². The molecule has 2 amide bonds. The number of sulfonamides is 2. The SMILES string of the molecule is CC(=O)N(C)c1ccc(N(CCCCN(c2ccc(N(C)C(C)=O)cc2)S(=O)(=O)c2ccccc2)S(=O)(=O)c2ccccc2)cc1. The summed E-state index contributed by atoms with van der Waals surface area (Å²) in [5.74, 6) is -0.311. The minimum Gasteiger partial charge on any atom is -0.316 e. The minimum atomic E-state index is -3.96. The van der Waals surface area contributed by atoms with Crippen molar-refractivity contribution in [3.05, 3.63) is 109 Å². The van der Waals surface area contributed by atoms with Crippen molar-refractivity contribution in [2.45, 2.75) is 36.5 Å². The molecule has 0 spiro atoms. The quantitative estimate of drug-likeness (QED) is 0.174. The highest BCUT2D eigenvalue weighted by Gasteiger charge is 2.27. The maximum absolute atomic E-state index is 13.8. The van der Waals surface area contributed by atoms with Gasteiger partial charge in [-0.15, -0.1) is 0 Å². The number of rotatable bonds is 13. The van der Waals surface area contributed by atoms with Crippen molar-refractivity contribution in [1.29, 1.82) is 0 Å². The lowest BCUT2D eigenvalue weighted by atomic mass is 10.2. The molecule has 0 radical (unpaired) electrons. The lowest BCUT2D eigenvalue weighted by Gasteiger charge is -2.27. The molecule has 0 aliphatic heterocycles. The first-order chi connectivity index (χ1) is 21.8. The van der Waals surface area contributed by atoms with Gasteiger partial charge in [0.1, 0.15) is 0 Å². The third kappa shape index (κ3) is 7.75. The van der Waals surface area contributed by atoms with Crippen molar-refractivity contribution in [2.24, 2.45) is 0 Å². The highest BCUT2D eigenvalue weighted by Crippen LogP contribution is 2.29. The molecule has 4 rings (SSSR count). The molecule has 0 saturated heterocycles. The second kappa shape index (κ2) is 14.6. The van der Waals surface area contributed by atoms with Crippen molar-refractivity contribution >= 4 is 54.6 Å². The van der Waals surface area contributed by atoms with Crippen LogP contribution in [0.3, 0.4) is 0 Å². The standard InChI is InChI=1S/C34H38N4O6S2/c1-27(39)35(3)29-17-21-31(22-18-29)37(45(41,42)33-13-7-5-8-14-33)25-11-12-26-38(46(43,44)34-15-9-6-10-16-34)32-23-19-30(20-24-32)36(4)28(2)40/h5-10,13-24H,11-12,25-26H2,1-4H3. The number of amides is 2. The number of nitrogens with zero attached hydrogens (tertiary/aromatic N) is 4. The summed E-state index contributed by atoms with van der Waals surface area (Å²) >= 11 is 0. The number of hydrogen-bond acceptors (Lipinski definition) is 6. The van der Waals surface area contributed by atoms with Crippen LogP contribution in [0.4, 0.5) is 22.7 Å². The molecule has 0 aliphatic rings. The van der Waals surface area contributed by atoms with Gasteiger partial charge < -0.3 is 9.80 Å². The maximum Gasteiger partial charge on any atom is 0.264 e. The molecule has 4 aromatic rings. The Morgan fingerprint density at radius 2 is 0.761 bits per heavy atom. The number of unbranched alkanes of at least 4 members (excludes halogenated alkanes) is 1. The van der Waals surface area contributed by atoms with Crippen molar-refractivity contribution in [2.75, 3.05) is 45.6 Å². The van der Waals surface area contributed by atoms with E-state index < -0.39 is 20.0 Å². The largest absolute Gasteiger partial charge is 0.316 e. The lowest BCUT2D eigenvalue weighted by Crippen LogP contribution is -2.34. The zero-order valence-corrected chi connectivity index (χ0v) is 27.9. The summed E-state index contributed by atoms with van der Waals surface area (Å²) in [7, 11) is -4.64. The number of hydrogen-bond donors (Lipinski definition) is 0. The number of benzene rings is 4. The molecule has 0 aliphatic carbocycles. The summed E-state index contributed by atoms with van der Waals surface area (Å²) in [6.07, 6.45) is 0.681. The fourth-order valence-corrected chi connectivity index (χ4v) is 7.82. The van der Waals surface area contributed by atoms with Crippen LogP contribution in [-0.4, -0.2) is 55.8 Å². The van der Waals surface area contributed by atoms with Gasteiger partial charge in [0.25, 0.3) is 20.0 Å². The summed E-state index contributed by atoms with van der Waals surface area (Å²) in [6.45, 7) is 3.06. The fraction of sp³-hybridized carbons (Fsp3) is 0.235. The highest BCUT2D eigenvalue weighted by atomic mass is 32.2. The summed E-state index contributed by atoms with van der Waals surface area (Å²) < 4.78 is 57.9. The van der Waals surface area contributed by atoms with E-state index >= 15 is 0 Å². The number of anilines is 4. The summed E-state index contributed by atoms with van der Waals surface area (Å²) in [6, 6.07) is 29.6. The molecule has 0 N–H and O–H groups in total. The third-order valence-corrected chi connectivity index (χ3v) is 11.3. The van der Waals surface area contributed by atoms with Gasteiger partial charge >= 0.3 is 0 Å². The Bertz CT molecular complexity index is 1710. The summed E-state index contributed by atoms with van der Waals surface area (Å²) in [5, 5.41) is 0. The Hall–Kier alpha value is -4.68. The third-order valence-electron chi connectivity index (χ3n) is 7.63. The van der Waals surface area contributed by atoms with Crippen LogP contribution in [-0.2, 0) is 29.6 Å². The van der Waals surface area contributed by atoms with Crippen LogP contribution in [0.5, 0.6) is 0 Å². The second-order valence-corrected chi connectivity index (χ2v) is 14.4. The molecular formula is C34H38N4O6S2. The van der Waals surface area contributed by atoms with Gasteiger partial charge in [0.15, 0.2) is 0 Å². The lowest BCUT2D eigenvalue weighted by molar-refractivity contribution is -0.117. The first-order valence-corrected chi connectivity index (χ1v) is 17.6. The van der Waals surface area contributed by atoms with Gasteiger partial charge in [0.05, 0.1) is 21.2 Å². The average molecular weight is 663 g/mol. The molecule has 10 nitrogen and oxygen atoms in total. The van der Waals surface area contributed by atoms with Gasteiger partial charge in [0.2, 0.25) is 11.8 Å². The van der Waals surface area contributed by atoms with Gasteiger partial charge in [0, 0.05) is 52.4 Å². The van der Waals surface area contributed by atoms with Gasteiger partial charge in [-0.05, 0) is 85.6 Å². The molecule has 0 atom stereocenters. The molecule has 0 heterocycles. The van der Waals surface area contributed by atoms with E-state index in [2.05, 4.69) is 0 Å². The number of carbonyl (C=O) groups is 2.